The molecule has 1 amide bonds. The van der Waals surface area contributed by atoms with Crippen LogP contribution in [0, 0.1) is 12.8 Å². The smallest absolute Gasteiger partial charge is 0.407 e. The van der Waals surface area contributed by atoms with Crippen LogP contribution in [0.2, 0.25) is 0 Å². The number of nitrogens with zero attached hydrogens (tertiary/aromatic N) is 3. The van der Waals surface area contributed by atoms with Crippen LogP contribution in [-0.2, 0) is 11.3 Å². The molecule has 2 aromatic heterocycles. The lowest BCUT2D eigenvalue weighted by atomic mass is 9.81. The fourth-order valence-electron chi connectivity index (χ4n) is 4.18. The molecule has 0 atom stereocenters. The molecule has 7 nitrogen and oxygen atoms in total. The second kappa shape index (κ2) is 10.8. The van der Waals surface area contributed by atoms with E-state index in [9.17, 15) is 4.79 Å². The first kappa shape index (κ1) is 22.6. The number of carbonyl (C=O) groups excluding carboxylic acids is 1. The molecule has 0 spiro atoms. The Labute approximate surface area is 184 Å². The molecule has 1 aliphatic rings. The molecule has 2 heterocycles. The van der Waals surface area contributed by atoms with Crippen molar-refractivity contribution in [3.05, 3.63) is 59.8 Å². The first-order chi connectivity index (χ1) is 15.1. The van der Waals surface area contributed by atoms with E-state index in [1.807, 2.05) is 57.3 Å². The summed E-state index contributed by atoms with van der Waals surface area (Å²) in [6.45, 7) is 6.93. The number of anilines is 1. The van der Waals surface area contributed by atoms with E-state index < -0.39 is 0 Å². The summed E-state index contributed by atoms with van der Waals surface area (Å²) in [6, 6.07) is 9.70. The maximum atomic E-state index is 12.0. The Morgan fingerprint density at radius 3 is 2.61 bits per heavy atom. The van der Waals surface area contributed by atoms with E-state index in [1.54, 1.807) is 6.20 Å². The molecule has 0 bridgehead atoms. The summed E-state index contributed by atoms with van der Waals surface area (Å²) in [5.41, 5.74) is 8.85. The highest BCUT2D eigenvalue weighted by Gasteiger charge is 2.26. The van der Waals surface area contributed by atoms with Crippen molar-refractivity contribution in [2.45, 2.75) is 59.0 Å². The van der Waals surface area contributed by atoms with Crippen LogP contribution in [-0.4, -0.2) is 27.0 Å². The van der Waals surface area contributed by atoms with Crippen LogP contribution >= 0.6 is 0 Å². The Kier molecular flexibility index (Phi) is 7.87. The number of amides is 1. The zero-order valence-corrected chi connectivity index (χ0v) is 18.7. The van der Waals surface area contributed by atoms with E-state index in [2.05, 4.69) is 14.7 Å². The van der Waals surface area contributed by atoms with Gasteiger partial charge in [-0.1, -0.05) is 44.2 Å². The molecular weight excluding hydrogens is 390 g/mol. The monoisotopic (exact) mass is 423 g/mol. The highest BCUT2D eigenvalue weighted by atomic mass is 16.5. The van der Waals surface area contributed by atoms with Gasteiger partial charge in [0, 0.05) is 24.9 Å². The van der Waals surface area contributed by atoms with Crippen LogP contribution in [0.3, 0.4) is 0 Å². The molecule has 0 radical (unpaired) electrons. The molecule has 0 saturated heterocycles. The molecule has 1 fully saturated rings. The normalized spacial score (nSPS) is 18.2. The van der Waals surface area contributed by atoms with Gasteiger partial charge in [0.2, 0.25) is 0 Å². The van der Waals surface area contributed by atoms with Crippen LogP contribution in [0.4, 0.5) is 10.6 Å². The summed E-state index contributed by atoms with van der Waals surface area (Å²) >= 11 is 0. The standard InChI is InChI=1S/C22H27N5O2.C2H6/c1-15-19-20(23)24-11-12-27(19)21(26-15)18-9-7-16(8-10-18)13-25-22(28)29-14-17-5-3-2-4-6-17;1-2/h2-6,11-12,16,18H,7-10,13-14H2,1H3,(H2,23,24)(H,25,28);1-2H3. The van der Waals surface area contributed by atoms with E-state index in [1.165, 1.54) is 0 Å². The van der Waals surface area contributed by atoms with E-state index in [0.29, 0.717) is 30.8 Å². The third-order valence-electron chi connectivity index (χ3n) is 5.74. The molecule has 0 aliphatic heterocycles. The van der Waals surface area contributed by atoms with Crippen molar-refractivity contribution in [2.24, 2.45) is 5.92 Å². The first-order valence-corrected chi connectivity index (χ1v) is 11.2. The average Bonchev–Trinajstić information content (AvgIpc) is 3.16. The Balaban J connectivity index is 0.00000132. The number of rotatable bonds is 5. The summed E-state index contributed by atoms with van der Waals surface area (Å²) in [6.07, 6.45) is 7.52. The van der Waals surface area contributed by atoms with Crippen LogP contribution < -0.4 is 11.1 Å². The van der Waals surface area contributed by atoms with Gasteiger partial charge >= 0.3 is 6.09 Å². The maximum Gasteiger partial charge on any atom is 0.407 e. The van der Waals surface area contributed by atoms with Crippen LogP contribution in [0.5, 0.6) is 0 Å². The number of carbonyl (C=O) groups is 1. The average molecular weight is 424 g/mol. The number of nitrogens with one attached hydrogen (secondary N) is 1. The van der Waals surface area contributed by atoms with Gasteiger partial charge in [-0.05, 0) is 44.1 Å². The number of aromatic nitrogens is 3. The van der Waals surface area contributed by atoms with Crippen molar-refractivity contribution in [2.75, 3.05) is 12.3 Å². The van der Waals surface area contributed by atoms with Crippen LogP contribution in [0.25, 0.3) is 5.52 Å². The first-order valence-electron chi connectivity index (χ1n) is 11.2. The molecule has 0 unspecified atom stereocenters. The predicted molar refractivity (Wildman–Crippen MR) is 123 cm³/mol. The number of imidazole rings is 1. The number of aryl methyl sites for hydroxylation is 1. The number of benzene rings is 1. The molecule has 1 aromatic carbocycles. The highest BCUT2D eigenvalue weighted by Crippen LogP contribution is 2.36. The van der Waals surface area contributed by atoms with E-state index >= 15 is 0 Å². The highest BCUT2D eigenvalue weighted by molar-refractivity contribution is 5.69. The number of nitrogens with two attached hydrogens (primary N) is 1. The molecule has 31 heavy (non-hydrogen) atoms. The lowest BCUT2D eigenvalue weighted by molar-refractivity contribution is 0.136. The molecular formula is C24H33N5O2. The molecule has 1 saturated carbocycles. The van der Waals surface area contributed by atoms with Crippen LogP contribution in [0.1, 0.15) is 62.5 Å². The fourth-order valence-corrected chi connectivity index (χ4v) is 4.18. The summed E-state index contributed by atoms with van der Waals surface area (Å²) < 4.78 is 7.38. The maximum absolute atomic E-state index is 12.0. The minimum absolute atomic E-state index is 0.295. The number of fused-ring (bicyclic) bond motifs is 1. The van der Waals surface area contributed by atoms with Gasteiger partial charge in [0.25, 0.3) is 0 Å². The summed E-state index contributed by atoms with van der Waals surface area (Å²) in [7, 11) is 0. The second-order valence-electron chi connectivity index (χ2n) is 7.75. The number of ether oxygens (including phenoxy) is 1. The minimum Gasteiger partial charge on any atom is -0.445 e. The van der Waals surface area contributed by atoms with Gasteiger partial charge in [-0.15, -0.1) is 0 Å². The largest absolute Gasteiger partial charge is 0.445 e. The van der Waals surface area contributed by atoms with Crippen molar-refractivity contribution in [1.29, 1.82) is 0 Å². The van der Waals surface area contributed by atoms with E-state index in [4.69, 9.17) is 15.5 Å². The molecule has 166 valence electrons. The van der Waals surface area contributed by atoms with Gasteiger partial charge in [0.1, 0.15) is 23.8 Å². The molecule has 7 heteroatoms. The van der Waals surface area contributed by atoms with Gasteiger partial charge in [-0.25, -0.2) is 14.8 Å². The van der Waals surface area contributed by atoms with E-state index in [-0.39, 0.29) is 6.09 Å². The Bertz CT molecular complexity index is 978. The second-order valence-corrected chi connectivity index (χ2v) is 7.75. The quantitative estimate of drug-likeness (QED) is 0.612. The van der Waals surface area contributed by atoms with Crippen molar-refractivity contribution in [1.82, 2.24) is 19.7 Å². The van der Waals surface area contributed by atoms with Gasteiger partial charge in [-0.2, -0.15) is 0 Å². The number of alkyl carbamates (subject to hydrolysis) is 1. The lowest BCUT2D eigenvalue weighted by Gasteiger charge is -2.27. The summed E-state index contributed by atoms with van der Waals surface area (Å²) in [5.74, 6) is 2.46. The molecule has 1 aliphatic carbocycles. The van der Waals surface area contributed by atoms with Crippen molar-refractivity contribution in [3.63, 3.8) is 0 Å². The number of hydrogen-bond acceptors (Lipinski definition) is 5. The topological polar surface area (TPSA) is 94.5 Å². The van der Waals surface area contributed by atoms with Crippen LogP contribution in [0.15, 0.2) is 42.7 Å². The van der Waals surface area contributed by atoms with Crippen molar-refractivity contribution in [3.8, 4) is 0 Å². The fraction of sp³-hybridized carbons (Fsp3) is 0.458. The number of nitrogen functional groups attached to an aromatic ring is 1. The van der Waals surface area contributed by atoms with E-state index in [0.717, 1.165) is 48.3 Å². The summed E-state index contributed by atoms with van der Waals surface area (Å²) in [4.78, 5) is 20.9. The predicted octanol–water partition coefficient (Wildman–Crippen LogP) is 4.85. The lowest BCUT2D eigenvalue weighted by Crippen LogP contribution is -2.31. The Morgan fingerprint density at radius 2 is 1.90 bits per heavy atom. The zero-order valence-electron chi connectivity index (χ0n) is 18.7. The Hall–Kier alpha value is -3.09. The third-order valence-corrected chi connectivity index (χ3v) is 5.74. The van der Waals surface area contributed by atoms with Gasteiger partial charge in [0.15, 0.2) is 0 Å². The summed E-state index contributed by atoms with van der Waals surface area (Å²) in [5, 5.41) is 2.91. The van der Waals surface area contributed by atoms with Gasteiger partial charge in [0.05, 0.1) is 5.69 Å². The minimum atomic E-state index is -0.353. The zero-order chi connectivity index (χ0) is 22.2. The van der Waals surface area contributed by atoms with Crippen molar-refractivity contribution < 1.29 is 9.53 Å². The number of hydrogen-bond donors (Lipinski definition) is 2. The van der Waals surface area contributed by atoms with Gasteiger partial charge in [-0.3, -0.25) is 4.40 Å². The van der Waals surface area contributed by atoms with Gasteiger partial charge < -0.3 is 15.8 Å². The molecule has 3 aromatic rings. The third kappa shape index (κ3) is 5.54. The molecule has 3 N–H and O–H groups in total. The SMILES string of the molecule is CC.Cc1nc(C2CCC(CNC(=O)OCc3ccccc3)CC2)n2ccnc(N)c12. The van der Waals surface area contributed by atoms with Crippen molar-refractivity contribution >= 4 is 17.4 Å². The molecule has 4 rings (SSSR count). The Morgan fingerprint density at radius 1 is 1.19 bits per heavy atom.